The van der Waals surface area contributed by atoms with Crippen LogP contribution in [0.4, 0.5) is 0 Å². The number of pyridine rings is 1. The SMILES string of the molecule is O=C(O)c1c2c(nn1CC(O)CNC1Cc3ccccc3C1)-c1ccncc1CC2.[LiH]. The standard InChI is InChI=1S/C23H24N4O3.Li.H/c28-18(12-25-17-9-14-3-1-2-4-15(14)10-17)13-27-22(23(29)30)20-6-5-16-11-24-8-7-19(16)21(20)26-27;;/h1-4,7-8,11,17-18,25,28H,5-6,9-10,12-13H2,(H,29,30);;. The van der Waals surface area contributed by atoms with E-state index in [1.165, 1.54) is 15.8 Å². The van der Waals surface area contributed by atoms with Gasteiger partial charge in [0.2, 0.25) is 0 Å². The van der Waals surface area contributed by atoms with Crippen molar-refractivity contribution in [2.75, 3.05) is 6.54 Å². The summed E-state index contributed by atoms with van der Waals surface area (Å²) in [6.45, 7) is 0.532. The van der Waals surface area contributed by atoms with Gasteiger partial charge in [0.25, 0.3) is 0 Å². The molecule has 1 atom stereocenters. The van der Waals surface area contributed by atoms with Gasteiger partial charge in [-0.2, -0.15) is 5.10 Å². The number of aromatic carboxylic acids is 1. The number of fused-ring (bicyclic) bond motifs is 4. The van der Waals surface area contributed by atoms with E-state index in [1.807, 2.05) is 12.3 Å². The van der Waals surface area contributed by atoms with Crippen molar-refractivity contribution >= 4 is 24.8 Å². The van der Waals surface area contributed by atoms with E-state index < -0.39 is 12.1 Å². The van der Waals surface area contributed by atoms with Crippen LogP contribution in [0.5, 0.6) is 0 Å². The van der Waals surface area contributed by atoms with Gasteiger partial charge in [-0.15, -0.1) is 0 Å². The molecule has 0 saturated heterocycles. The Morgan fingerprint density at radius 2 is 1.90 bits per heavy atom. The number of nitrogens with one attached hydrogen (secondary N) is 1. The zero-order chi connectivity index (χ0) is 20.7. The Morgan fingerprint density at radius 1 is 1.16 bits per heavy atom. The Morgan fingerprint density at radius 3 is 2.61 bits per heavy atom. The molecule has 5 rings (SSSR count). The number of rotatable bonds is 6. The Kier molecular flexibility index (Phi) is 6.31. The van der Waals surface area contributed by atoms with Crippen molar-refractivity contribution in [3.8, 4) is 11.3 Å². The van der Waals surface area contributed by atoms with Crippen molar-refractivity contribution in [3.63, 3.8) is 0 Å². The van der Waals surface area contributed by atoms with Gasteiger partial charge < -0.3 is 15.5 Å². The number of hydrogen-bond donors (Lipinski definition) is 3. The van der Waals surface area contributed by atoms with Crippen LogP contribution < -0.4 is 5.32 Å². The van der Waals surface area contributed by atoms with Gasteiger partial charge >= 0.3 is 24.8 Å². The van der Waals surface area contributed by atoms with Gasteiger partial charge in [0.15, 0.2) is 0 Å². The predicted molar refractivity (Wildman–Crippen MR) is 119 cm³/mol. The van der Waals surface area contributed by atoms with Crippen LogP contribution in [0.2, 0.25) is 0 Å². The van der Waals surface area contributed by atoms with Crippen molar-refractivity contribution in [3.05, 3.63) is 70.7 Å². The van der Waals surface area contributed by atoms with Gasteiger partial charge in [0.1, 0.15) is 5.69 Å². The van der Waals surface area contributed by atoms with E-state index in [0.29, 0.717) is 24.7 Å². The first-order valence-corrected chi connectivity index (χ1v) is 10.3. The van der Waals surface area contributed by atoms with Crippen LogP contribution in [0, 0.1) is 0 Å². The fraction of sp³-hybridized carbons (Fsp3) is 0.348. The summed E-state index contributed by atoms with van der Waals surface area (Å²) in [6, 6.07) is 10.6. The second kappa shape index (κ2) is 8.97. The van der Waals surface area contributed by atoms with Crippen LogP contribution in [0.15, 0.2) is 42.7 Å². The predicted octanol–water partition coefficient (Wildman–Crippen LogP) is 1.21. The Hall–Kier alpha value is -2.43. The van der Waals surface area contributed by atoms with Gasteiger partial charge in [0.05, 0.1) is 18.3 Å². The van der Waals surface area contributed by atoms with Crippen molar-refractivity contribution in [2.45, 2.75) is 44.4 Å². The number of aromatic nitrogens is 3. The molecule has 0 radical (unpaired) electrons. The molecule has 0 fully saturated rings. The molecule has 0 bridgehead atoms. The minimum atomic E-state index is -1.01. The number of aliphatic hydroxyl groups is 1. The summed E-state index contributed by atoms with van der Waals surface area (Å²) in [7, 11) is 0. The fourth-order valence-electron chi connectivity index (χ4n) is 4.71. The normalized spacial score (nSPS) is 15.5. The van der Waals surface area contributed by atoms with Crippen LogP contribution in [0.1, 0.15) is 32.7 Å². The second-order valence-corrected chi connectivity index (χ2v) is 8.13. The Balaban J connectivity index is 0.00000231. The van der Waals surface area contributed by atoms with Gasteiger partial charge in [-0.25, -0.2) is 4.79 Å². The third-order valence-electron chi connectivity index (χ3n) is 6.13. The van der Waals surface area contributed by atoms with E-state index in [0.717, 1.165) is 36.0 Å². The van der Waals surface area contributed by atoms with Gasteiger partial charge in [-0.1, -0.05) is 24.3 Å². The molecule has 3 aromatic rings. The molecule has 8 heteroatoms. The van der Waals surface area contributed by atoms with E-state index in [9.17, 15) is 15.0 Å². The van der Waals surface area contributed by atoms with Crippen LogP contribution >= 0.6 is 0 Å². The number of hydrogen-bond acceptors (Lipinski definition) is 5. The zero-order valence-electron chi connectivity index (χ0n) is 16.6. The molecule has 3 N–H and O–H groups in total. The summed E-state index contributed by atoms with van der Waals surface area (Å²) in [6.07, 6.45) is 6.04. The molecule has 31 heavy (non-hydrogen) atoms. The summed E-state index contributed by atoms with van der Waals surface area (Å²) in [5.41, 5.74) is 6.34. The Labute approximate surface area is 192 Å². The average molecular weight is 412 g/mol. The fourth-order valence-corrected chi connectivity index (χ4v) is 4.71. The molecule has 7 nitrogen and oxygen atoms in total. The van der Waals surface area contributed by atoms with E-state index in [1.54, 1.807) is 6.20 Å². The van der Waals surface area contributed by atoms with Crippen LogP contribution in [0.25, 0.3) is 11.3 Å². The number of aryl methyl sites for hydroxylation is 1. The first-order chi connectivity index (χ1) is 14.6. The zero-order valence-corrected chi connectivity index (χ0v) is 16.6. The maximum absolute atomic E-state index is 12.0. The van der Waals surface area contributed by atoms with E-state index in [2.05, 4.69) is 39.7 Å². The van der Waals surface area contributed by atoms with Crippen LogP contribution in [-0.4, -0.2) is 68.5 Å². The topological polar surface area (TPSA) is 100 Å². The molecule has 0 amide bonds. The van der Waals surface area contributed by atoms with Gasteiger partial charge in [-0.3, -0.25) is 9.67 Å². The third kappa shape index (κ3) is 4.19. The monoisotopic (exact) mass is 412 g/mol. The number of nitrogens with zero attached hydrogens (tertiary/aromatic N) is 3. The van der Waals surface area contributed by atoms with Crippen molar-refractivity contribution in [1.29, 1.82) is 0 Å². The summed E-state index contributed by atoms with van der Waals surface area (Å²) >= 11 is 0. The molecule has 156 valence electrons. The van der Waals surface area contributed by atoms with E-state index >= 15 is 0 Å². The molecule has 0 aliphatic heterocycles. The Bertz CT molecular complexity index is 1090. The maximum atomic E-state index is 12.0. The molecule has 2 heterocycles. The number of benzene rings is 1. The summed E-state index contributed by atoms with van der Waals surface area (Å²) in [5.74, 6) is -1.01. The van der Waals surface area contributed by atoms with E-state index in [-0.39, 0.29) is 31.1 Å². The summed E-state index contributed by atoms with van der Waals surface area (Å²) < 4.78 is 1.46. The molecular weight excluding hydrogens is 387 g/mol. The van der Waals surface area contributed by atoms with Crippen LogP contribution in [0.3, 0.4) is 0 Å². The number of carboxylic acid groups (broad SMARTS) is 1. The van der Waals surface area contributed by atoms with Gasteiger partial charge in [0, 0.05) is 36.1 Å². The molecule has 1 aromatic carbocycles. The number of carboxylic acids is 1. The quantitative estimate of drug-likeness (QED) is 0.527. The molecular formula is C23H25LiN4O3. The summed E-state index contributed by atoms with van der Waals surface area (Å²) in [5, 5.41) is 28.4. The molecule has 2 aromatic heterocycles. The van der Waals surface area contributed by atoms with Gasteiger partial charge in [-0.05, 0) is 48.4 Å². The number of carbonyl (C=O) groups is 1. The second-order valence-electron chi connectivity index (χ2n) is 8.13. The summed E-state index contributed by atoms with van der Waals surface area (Å²) in [4.78, 5) is 16.1. The van der Waals surface area contributed by atoms with Crippen molar-refractivity contribution in [1.82, 2.24) is 20.1 Å². The molecule has 2 aliphatic carbocycles. The molecule has 1 unspecified atom stereocenters. The average Bonchev–Trinajstić information content (AvgIpc) is 3.33. The first kappa shape index (κ1) is 21.8. The molecule has 0 spiro atoms. The molecule has 0 saturated carbocycles. The van der Waals surface area contributed by atoms with Crippen LogP contribution in [-0.2, 0) is 32.2 Å². The molecule has 2 aliphatic rings. The van der Waals surface area contributed by atoms with E-state index in [4.69, 9.17) is 0 Å². The van der Waals surface area contributed by atoms with Crippen molar-refractivity contribution in [2.24, 2.45) is 0 Å². The third-order valence-corrected chi connectivity index (χ3v) is 6.13. The number of aliphatic hydroxyl groups excluding tert-OH is 1. The minimum absolute atomic E-state index is 0. The first-order valence-electron chi connectivity index (χ1n) is 10.3. The van der Waals surface area contributed by atoms with Crippen molar-refractivity contribution < 1.29 is 15.0 Å².